The Bertz CT molecular complexity index is 656. The Morgan fingerprint density at radius 3 is 2.44 bits per heavy atom. The van der Waals surface area contributed by atoms with Crippen LogP contribution in [-0.2, 0) is 24.2 Å². The van der Waals surface area contributed by atoms with E-state index in [1.807, 2.05) is 24.3 Å². The van der Waals surface area contributed by atoms with Crippen molar-refractivity contribution in [3.05, 3.63) is 65.2 Å². The fourth-order valence-electron chi connectivity index (χ4n) is 2.54. The van der Waals surface area contributed by atoms with Gasteiger partial charge >= 0.3 is 0 Å². The number of carbonyl (C=O) groups is 1. The summed E-state index contributed by atoms with van der Waals surface area (Å²) in [5.41, 5.74) is 11.6. The van der Waals surface area contributed by atoms with Crippen molar-refractivity contribution in [1.82, 2.24) is 10.8 Å². The molecule has 0 saturated heterocycles. The zero-order valence-electron chi connectivity index (χ0n) is 14.8. The van der Waals surface area contributed by atoms with Gasteiger partial charge < -0.3 is 15.9 Å². The molecule has 0 atom stereocenters. The Morgan fingerprint density at radius 1 is 1.00 bits per heavy atom. The lowest BCUT2D eigenvalue weighted by Crippen LogP contribution is -2.25. The van der Waals surface area contributed by atoms with Crippen molar-refractivity contribution in [2.24, 2.45) is 5.73 Å². The molecule has 0 aliphatic heterocycles. The first-order valence-corrected chi connectivity index (χ1v) is 8.69. The summed E-state index contributed by atoms with van der Waals surface area (Å²) in [6.07, 6.45) is 2.99. The molecule has 0 bridgehead atoms. The number of para-hydroxylation sites is 1. The van der Waals surface area contributed by atoms with Crippen molar-refractivity contribution in [3.8, 4) is 5.75 Å². The molecule has 5 heteroatoms. The normalized spacial score (nSPS) is 10.5. The minimum Gasteiger partial charge on any atom is -0.379 e. The summed E-state index contributed by atoms with van der Waals surface area (Å²) >= 11 is 0. The number of nitrogens with one attached hydrogen (secondary N) is 2. The second kappa shape index (κ2) is 10.5. The van der Waals surface area contributed by atoms with Gasteiger partial charge in [0.2, 0.25) is 5.91 Å². The molecule has 0 heterocycles. The minimum absolute atomic E-state index is 0.215. The number of rotatable bonds is 10. The van der Waals surface area contributed by atoms with E-state index in [1.54, 1.807) is 0 Å². The van der Waals surface area contributed by atoms with Crippen LogP contribution >= 0.6 is 0 Å². The van der Waals surface area contributed by atoms with E-state index < -0.39 is 0 Å². The largest absolute Gasteiger partial charge is 0.379 e. The summed E-state index contributed by atoms with van der Waals surface area (Å²) in [6.45, 7) is 3.85. The third-order valence-electron chi connectivity index (χ3n) is 3.93. The molecule has 2 aromatic rings. The standard InChI is InChI=1S/C20H27N3O2/c1-16(24)23-25-20-7-3-2-6-19(20)12-14-22-13-4-5-17-8-10-18(15-21)11-9-17/h2-3,6-11,22H,4-5,12-15,21H2,1H3,(H,23,24). The maximum absolute atomic E-state index is 11.0. The van der Waals surface area contributed by atoms with Gasteiger partial charge in [0.05, 0.1) is 0 Å². The quantitative estimate of drug-likeness (QED) is 0.458. The van der Waals surface area contributed by atoms with Gasteiger partial charge in [-0.05, 0) is 55.1 Å². The molecule has 2 aromatic carbocycles. The molecule has 0 spiro atoms. The fourth-order valence-corrected chi connectivity index (χ4v) is 2.54. The van der Waals surface area contributed by atoms with E-state index in [4.69, 9.17) is 10.6 Å². The van der Waals surface area contributed by atoms with E-state index in [1.165, 1.54) is 18.1 Å². The Morgan fingerprint density at radius 2 is 1.72 bits per heavy atom. The Labute approximate surface area is 149 Å². The topological polar surface area (TPSA) is 76.4 Å². The number of hydroxylamine groups is 1. The fraction of sp³-hybridized carbons (Fsp3) is 0.350. The van der Waals surface area contributed by atoms with Gasteiger partial charge in [-0.15, -0.1) is 0 Å². The van der Waals surface area contributed by atoms with Crippen LogP contribution in [0.2, 0.25) is 0 Å². The predicted octanol–water partition coefficient (Wildman–Crippen LogP) is 2.34. The van der Waals surface area contributed by atoms with Crippen molar-refractivity contribution < 1.29 is 9.63 Å². The number of hydrogen-bond donors (Lipinski definition) is 3. The van der Waals surface area contributed by atoms with Gasteiger partial charge in [0.15, 0.2) is 5.75 Å². The molecule has 0 aromatic heterocycles. The van der Waals surface area contributed by atoms with Gasteiger partial charge in [-0.3, -0.25) is 4.79 Å². The lowest BCUT2D eigenvalue weighted by molar-refractivity contribution is -0.125. The predicted molar refractivity (Wildman–Crippen MR) is 100 cm³/mol. The molecule has 1 amide bonds. The van der Waals surface area contributed by atoms with Crippen molar-refractivity contribution in [2.45, 2.75) is 32.7 Å². The molecule has 5 nitrogen and oxygen atoms in total. The summed E-state index contributed by atoms with van der Waals surface area (Å²) in [5.74, 6) is 0.479. The molecule has 4 N–H and O–H groups in total. The lowest BCUT2D eigenvalue weighted by atomic mass is 10.1. The monoisotopic (exact) mass is 341 g/mol. The molecule has 0 radical (unpaired) electrons. The van der Waals surface area contributed by atoms with Gasteiger partial charge in [0.25, 0.3) is 0 Å². The van der Waals surface area contributed by atoms with E-state index in [-0.39, 0.29) is 5.91 Å². The van der Waals surface area contributed by atoms with E-state index in [0.717, 1.165) is 37.9 Å². The molecule has 0 fully saturated rings. The Balaban J connectivity index is 1.66. The van der Waals surface area contributed by atoms with Crippen molar-refractivity contribution in [2.75, 3.05) is 13.1 Å². The van der Waals surface area contributed by atoms with Crippen LogP contribution in [0.15, 0.2) is 48.5 Å². The van der Waals surface area contributed by atoms with E-state index in [0.29, 0.717) is 12.3 Å². The zero-order valence-corrected chi connectivity index (χ0v) is 14.8. The van der Waals surface area contributed by atoms with Crippen LogP contribution in [0.5, 0.6) is 5.75 Å². The third-order valence-corrected chi connectivity index (χ3v) is 3.93. The minimum atomic E-state index is -0.215. The smallest absolute Gasteiger partial charge is 0.249 e. The second-order valence-corrected chi connectivity index (χ2v) is 5.99. The molecule has 0 aliphatic carbocycles. The van der Waals surface area contributed by atoms with Crippen molar-refractivity contribution in [3.63, 3.8) is 0 Å². The molecule has 2 rings (SSSR count). The first kappa shape index (κ1) is 19.0. The average molecular weight is 341 g/mol. The molecular formula is C20H27N3O2. The number of hydrogen-bond acceptors (Lipinski definition) is 4. The number of amides is 1. The second-order valence-electron chi connectivity index (χ2n) is 5.99. The van der Waals surface area contributed by atoms with Gasteiger partial charge in [-0.1, -0.05) is 42.5 Å². The van der Waals surface area contributed by atoms with E-state index >= 15 is 0 Å². The molecule has 25 heavy (non-hydrogen) atoms. The molecule has 0 saturated carbocycles. The summed E-state index contributed by atoms with van der Waals surface area (Å²) in [4.78, 5) is 16.3. The molecule has 0 unspecified atom stereocenters. The SMILES string of the molecule is CC(=O)NOc1ccccc1CCNCCCc1ccc(CN)cc1. The van der Waals surface area contributed by atoms with E-state index in [9.17, 15) is 4.79 Å². The van der Waals surface area contributed by atoms with Crippen LogP contribution in [0.3, 0.4) is 0 Å². The number of nitrogens with two attached hydrogens (primary N) is 1. The van der Waals surface area contributed by atoms with Crippen LogP contribution in [0.4, 0.5) is 0 Å². The maximum atomic E-state index is 11.0. The first-order chi connectivity index (χ1) is 12.2. The summed E-state index contributed by atoms with van der Waals surface area (Å²) < 4.78 is 0. The third kappa shape index (κ3) is 6.95. The first-order valence-electron chi connectivity index (χ1n) is 8.69. The van der Waals surface area contributed by atoms with Crippen LogP contribution < -0.4 is 21.4 Å². The van der Waals surface area contributed by atoms with Crippen molar-refractivity contribution in [1.29, 1.82) is 0 Å². The summed E-state index contributed by atoms with van der Waals surface area (Å²) in [5, 5.41) is 3.46. The van der Waals surface area contributed by atoms with E-state index in [2.05, 4.69) is 35.1 Å². The number of benzene rings is 2. The lowest BCUT2D eigenvalue weighted by Gasteiger charge is -2.11. The van der Waals surface area contributed by atoms with Gasteiger partial charge in [-0.2, -0.15) is 5.48 Å². The molecule has 134 valence electrons. The highest BCUT2D eigenvalue weighted by molar-refractivity contribution is 5.71. The number of aryl methyl sites for hydroxylation is 1. The molecule has 0 aliphatic rings. The van der Waals surface area contributed by atoms with Gasteiger partial charge in [0, 0.05) is 13.5 Å². The van der Waals surface area contributed by atoms with Crippen LogP contribution in [0.25, 0.3) is 0 Å². The highest BCUT2D eigenvalue weighted by Crippen LogP contribution is 2.17. The van der Waals surface area contributed by atoms with Crippen LogP contribution in [0.1, 0.15) is 30.0 Å². The Kier molecular flexibility index (Phi) is 7.95. The van der Waals surface area contributed by atoms with Crippen LogP contribution in [0, 0.1) is 0 Å². The average Bonchev–Trinajstić information content (AvgIpc) is 2.64. The summed E-state index contributed by atoms with van der Waals surface area (Å²) in [6, 6.07) is 16.2. The highest BCUT2D eigenvalue weighted by Gasteiger charge is 2.04. The van der Waals surface area contributed by atoms with Gasteiger partial charge in [0.1, 0.15) is 0 Å². The zero-order chi connectivity index (χ0) is 17.9. The summed E-state index contributed by atoms with van der Waals surface area (Å²) in [7, 11) is 0. The van der Waals surface area contributed by atoms with Gasteiger partial charge in [-0.25, -0.2) is 0 Å². The number of carbonyl (C=O) groups excluding carboxylic acids is 1. The van der Waals surface area contributed by atoms with Crippen LogP contribution in [-0.4, -0.2) is 19.0 Å². The maximum Gasteiger partial charge on any atom is 0.249 e. The van der Waals surface area contributed by atoms with Crippen molar-refractivity contribution >= 4 is 5.91 Å². The highest BCUT2D eigenvalue weighted by atomic mass is 16.7. The Hall–Kier alpha value is -2.37. The molecular weight excluding hydrogens is 314 g/mol.